The summed E-state index contributed by atoms with van der Waals surface area (Å²) < 4.78 is 32.2. The van der Waals surface area contributed by atoms with E-state index in [-0.39, 0.29) is 10.8 Å². The first-order valence-electron chi connectivity index (χ1n) is 9.32. The van der Waals surface area contributed by atoms with Gasteiger partial charge in [-0.15, -0.1) is 0 Å². The SMILES string of the molecule is CCN(CC)S(=O)(=O)c1ccc(NCCOC)c(C(=O)N2CCNCC2)c1. The van der Waals surface area contributed by atoms with Gasteiger partial charge in [0.1, 0.15) is 0 Å². The van der Waals surface area contributed by atoms with Gasteiger partial charge in [-0.1, -0.05) is 13.8 Å². The lowest BCUT2D eigenvalue weighted by Crippen LogP contribution is -2.46. The van der Waals surface area contributed by atoms with Crippen LogP contribution in [-0.2, 0) is 14.8 Å². The number of carbonyl (C=O) groups is 1. The number of hydrogen-bond donors (Lipinski definition) is 2. The second-order valence-electron chi connectivity index (χ2n) is 6.26. The van der Waals surface area contributed by atoms with Crippen LogP contribution in [0.4, 0.5) is 5.69 Å². The highest BCUT2D eigenvalue weighted by atomic mass is 32.2. The van der Waals surface area contributed by atoms with Crippen molar-refractivity contribution < 1.29 is 17.9 Å². The second kappa shape index (κ2) is 10.0. The Morgan fingerprint density at radius 3 is 2.52 bits per heavy atom. The van der Waals surface area contributed by atoms with E-state index in [9.17, 15) is 13.2 Å². The minimum atomic E-state index is -3.63. The van der Waals surface area contributed by atoms with Crippen LogP contribution in [0, 0.1) is 0 Å². The van der Waals surface area contributed by atoms with Gasteiger partial charge >= 0.3 is 0 Å². The summed E-state index contributed by atoms with van der Waals surface area (Å²) >= 11 is 0. The molecular weight excluding hydrogens is 368 g/mol. The molecule has 1 heterocycles. The summed E-state index contributed by atoms with van der Waals surface area (Å²) in [6, 6.07) is 4.71. The van der Waals surface area contributed by atoms with Crippen LogP contribution in [0.5, 0.6) is 0 Å². The van der Waals surface area contributed by atoms with E-state index in [1.165, 1.54) is 10.4 Å². The summed E-state index contributed by atoms with van der Waals surface area (Å²) in [4.78, 5) is 15.0. The van der Waals surface area contributed by atoms with Gasteiger partial charge in [0, 0.05) is 58.6 Å². The van der Waals surface area contributed by atoms with Gasteiger partial charge in [0.05, 0.1) is 17.1 Å². The normalized spacial score (nSPS) is 15.2. The lowest BCUT2D eigenvalue weighted by atomic mass is 10.1. The number of amides is 1. The van der Waals surface area contributed by atoms with E-state index in [1.807, 2.05) is 0 Å². The number of methoxy groups -OCH3 is 1. The second-order valence-corrected chi connectivity index (χ2v) is 8.20. The number of hydrogen-bond acceptors (Lipinski definition) is 6. The molecule has 2 N–H and O–H groups in total. The minimum Gasteiger partial charge on any atom is -0.383 e. The van der Waals surface area contributed by atoms with Crippen molar-refractivity contribution in [3.8, 4) is 0 Å². The molecular formula is C18H30N4O4S. The van der Waals surface area contributed by atoms with Gasteiger partial charge in [0.15, 0.2) is 0 Å². The van der Waals surface area contributed by atoms with Crippen LogP contribution in [0.3, 0.4) is 0 Å². The van der Waals surface area contributed by atoms with Crippen molar-refractivity contribution in [3.63, 3.8) is 0 Å². The monoisotopic (exact) mass is 398 g/mol. The molecule has 0 bridgehead atoms. The largest absolute Gasteiger partial charge is 0.383 e. The fourth-order valence-corrected chi connectivity index (χ4v) is 4.54. The van der Waals surface area contributed by atoms with Crippen LogP contribution in [0.1, 0.15) is 24.2 Å². The van der Waals surface area contributed by atoms with E-state index in [2.05, 4.69) is 10.6 Å². The number of nitrogens with one attached hydrogen (secondary N) is 2. The summed E-state index contributed by atoms with van der Waals surface area (Å²) in [5, 5.41) is 6.39. The van der Waals surface area contributed by atoms with E-state index in [0.717, 1.165) is 13.1 Å². The molecule has 1 fully saturated rings. The number of piperazine rings is 1. The van der Waals surface area contributed by atoms with Crippen LogP contribution < -0.4 is 10.6 Å². The van der Waals surface area contributed by atoms with E-state index < -0.39 is 10.0 Å². The van der Waals surface area contributed by atoms with Crippen LogP contribution >= 0.6 is 0 Å². The predicted octanol–water partition coefficient (Wildman–Crippen LogP) is 0.821. The van der Waals surface area contributed by atoms with Crippen molar-refractivity contribution in [2.75, 3.05) is 64.8 Å². The number of anilines is 1. The first kappa shape index (κ1) is 21.6. The number of rotatable bonds is 9. The number of benzene rings is 1. The van der Waals surface area contributed by atoms with E-state index in [1.54, 1.807) is 38.0 Å². The molecule has 1 aromatic rings. The molecule has 152 valence electrons. The van der Waals surface area contributed by atoms with Crippen molar-refractivity contribution in [3.05, 3.63) is 23.8 Å². The standard InChI is InChI=1S/C18H30N4O4S/c1-4-22(5-2)27(24,25)15-6-7-17(20-10-13-26-3)16(14-15)18(23)21-11-8-19-9-12-21/h6-7,14,19-20H,4-5,8-13H2,1-3H3. The molecule has 27 heavy (non-hydrogen) atoms. The Bertz CT molecular complexity index is 729. The lowest BCUT2D eigenvalue weighted by molar-refractivity contribution is 0.0736. The molecule has 0 unspecified atom stereocenters. The topological polar surface area (TPSA) is 91.0 Å². The molecule has 1 aromatic carbocycles. The Kier molecular flexibility index (Phi) is 8.03. The molecule has 1 aliphatic heterocycles. The zero-order chi connectivity index (χ0) is 19.9. The van der Waals surface area contributed by atoms with Crippen molar-refractivity contribution >= 4 is 21.6 Å². The third-order valence-corrected chi connectivity index (χ3v) is 6.64. The molecule has 8 nitrogen and oxygen atoms in total. The molecule has 1 aliphatic rings. The van der Waals surface area contributed by atoms with Gasteiger partial charge in [-0.3, -0.25) is 4.79 Å². The van der Waals surface area contributed by atoms with Gasteiger partial charge in [0.25, 0.3) is 5.91 Å². The zero-order valence-electron chi connectivity index (χ0n) is 16.3. The lowest BCUT2D eigenvalue weighted by Gasteiger charge is -2.28. The van der Waals surface area contributed by atoms with Gasteiger partial charge in [-0.25, -0.2) is 8.42 Å². The first-order valence-corrected chi connectivity index (χ1v) is 10.8. The van der Waals surface area contributed by atoms with Crippen LogP contribution in [0.15, 0.2) is 23.1 Å². The Labute approximate surface area is 161 Å². The molecule has 0 saturated carbocycles. The third-order valence-electron chi connectivity index (χ3n) is 4.59. The Balaban J connectivity index is 2.40. The molecule has 0 aliphatic carbocycles. The summed E-state index contributed by atoms with van der Waals surface area (Å²) in [5.41, 5.74) is 0.996. The fourth-order valence-electron chi connectivity index (χ4n) is 3.05. The smallest absolute Gasteiger partial charge is 0.256 e. The van der Waals surface area contributed by atoms with Gasteiger partial charge < -0.3 is 20.3 Å². The average molecular weight is 399 g/mol. The molecule has 0 spiro atoms. The van der Waals surface area contributed by atoms with E-state index in [0.29, 0.717) is 50.6 Å². The predicted molar refractivity (Wildman–Crippen MR) is 106 cm³/mol. The van der Waals surface area contributed by atoms with Crippen molar-refractivity contribution in [1.82, 2.24) is 14.5 Å². The van der Waals surface area contributed by atoms with Crippen molar-refractivity contribution in [2.45, 2.75) is 18.7 Å². The highest BCUT2D eigenvalue weighted by Gasteiger charge is 2.26. The maximum absolute atomic E-state index is 13.1. The number of sulfonamides is 1. The summed E-state index contributed by atoms with van der Waals surface area (Å²) in [5.74, 6) is -0.159. The maximum atomic E-state index is 13.1. The Morgan fingerprint density at radius 1 is 1.26 bits per heavy atom. The van der Waals surface area contributed by atoms with Gasteiger partial charge in [0.2, 0.25) is 10.0 Å². The molecule has 2 rings (SSSR count). The average Bonchev–Trinajstić information content (AvgIpc) is 2.69. The Morgan fingerprint density at radius 2 is 1.93 bits per heavy atom. The highest BCUT2D eigenvalue weighted by molar-refractivity contribution is 7.89. The Hall–Kier alpha value is -1.68. The first-order chi connectivity index (χ1) is 13.0. The fraction of sp³-hybridized carbons (Fsp3) is 0.611. The highest BCUT2D eigenvalue weighted by Crippen LogP contribution is 2.24. The minimum absolute atomic E-state index is 0.141. The maximum Gasteiger partial charge on any atom is 0.256 e. The number of ether oxygens (including phenoxy) is 1. The van der Waals surface area contributed by atoms with Crippen LogP contribution in [0.2, 0.25) is 0 Å². The van der Waals surface area contributed by atoms with E-state index >= 15 is 0 Å². The molecule has 1 amide bonds. The summed E-state index contributed by atoms with van der Waals surface area (Å²) in [6.45, 7) is 8.05. The molecule has 1 saturated heterocycles. The quantitative estimate of drug-likeness (QED) is 0.599. The molecule has 0 aromatic heterocycles. The van der Waals surface area contributed by atoms with Crippen molar-refractivity contribution in [2.24, 2.45) is 0 Å². The van der Waals surface area contributed by atoms with Crippen LogP contribution in [0.25, 0.3) is 0 Å². The van der Waals surface area contributed by atoms with Crippen molar-refractivity contribution in [1.29, 1.82) is 0 Å². The molecule has 0 atom stereocenters. The zero-order valence-corrected chi connectivity index (χ0v) is 17.1. The van der Waals surface area contributed by atoms with Gasteiger partial charge in [-0.05, 0) is 18.2 Å². The number of nitrogens with zero attached hydrogens (tertiary/aromatic N) is 2. The number of carbonyl (C=O) groups excluding carboxylic acids is 1. The van der Waals surface area contributed by atoms with E-state index in [4.69, 9.17) is 4.74 Å². The third kappa shape index (κ3) is 5.19. The van der Waals surface area contributed by atoms with Crippen LogP contribution in [-0.4, -0.2) is 83.1 Å². The van der Waals surface area contributed by atoms with Gasteiger partial charge in [-0.2, -0.15) is 4.31 Å². The molecule has 0 radical (unpaired) electrons. The summed E-state index contributed by atoms with van der Waals surface area (Å²) in [6.07, 6.45) is 0. The summed E-state index contributed by atoms with van der Waals surface area (Å²) in [7, 11) is -2.03. The molecule has 9 heteroatoms.